The lowest BCUT2D eigenvalue weighted by molar-refractivity contribution is -0.131. The molecule has 388 valence electrons. The van der Waals surface area contributed by atoms with Gasteiger partial charge in [0.05, 0.1) is 47.6 Å². The first kappa shape index (κ1) is 50.7. The minimum atomic E-state index is -0.664. The first-order chi connectivity index (χ1) is 35.7. The molecule has 2 aromatic carbocycles. The second kappa shape index (κ2) is 21.8. The van der Waals surface area contributed by atoms with Crippen molar-refractivity contribution in [1.82, 2.24) is 68.5 Å². The standard InChI is InChI=1S/C50H62N18O6/c1-6-67-38(23-30(3)60-67)47(72)56-49-54-35-25-33(44(51)70)11-12-37(35)64(49)16-8-9-17-66-43-36(55-50(66)57-48(73)39-24-31(4)61-68(39)7-2)26-34(45(52)71)27-40(43)74-22-10-15-62-18-13-32(14-19-62)46-59-58-41-29-63(20-21-65(41)46)42(69)28-53-5/h8-9,11-12,23-27,32,53H,6-7,10,13-22,28-29H2,1-5H3,(H2,51,70)(H2,52,71)(H,54,56,72)(H,55,57,73)/b9-8+. The second-order valence-corrected chi connectivity index (χ2v) is 18.5. The van der Waals surface area contributed by atoms with E-state index in [1.54, 1.807) is 68.0 Å². The SMILES string of the molecule is CCn1nc(C)cc1C(=O)Nc1nc2cc(C(N)=O)ccc2n1C/C=C/Cn1c(NC(=O)c2cc(C)nn2CC)nc2cc(C(N)=O)cc(OCCCN3CCC(c4nnc5n4CCN(C(=O)CNC)C5)CC3)c21. The van der Waals surface area contributed by atoms with Gasteiger partial charge in [-0.2, -0.15) is 10.2 Å². The van der Waals surface area contributed by atoms with Crippen LogP contribution in [-0.2, 0) is 44.1 Å². The van der Waals surface area contributed by atoms with Crippen molar-refractivity contribution in [3.63, 3.8) is 0 Å². The smallest absolute Gasteiger partial charge is 0.276 e. The topological polar surface area (TPSA) is 291 Å². The summed E-state index contributed by atoms with van der Waals surface area (Å²) in [7, 11) is 1.76. The Kier molecular flexibility index (Phi) is 15.0. The summed E-state index contributed by atoms with van der Waals surface area (Å²) < 4.78 is 15.5. The van der Waals surface area contributed by atoms with Gasteiger partial charge >= 0.3 is 0 Å². The quantitative estimate of drug-likeness (QED) is 0.0542. The number of hydrogen-bond donors (Lipinski definition) is 5. The molecule has 1 fully saturated rings. The minimum absolute atomic E-state index is 0.0531. The number of carbonyl (C=O) groups excluding carboxylic acids is 5. The number of benzene rings is 2. The predicted octanol–water partition coefficient (Wildman–Crippen LogP) is 3.20. The summed E-state index contributed by atoms with van der Waals surface area (Å²) in [5, 5.41) is 26.8. The van der Waals surface area contributed by atoms with E-state index in [9.17, 15) is 24.0 Å². The lowest BCUT2D eigenvalue weighted by Gasteiger charge is -2.33. The van der Waals surface area contributed by atoms with Crippen LogP contribution in [0.15, 0.2) is 54.6 Å². The largest absolute Gasteiger partial charge is 0.491 e. The van der Waals surface area contributed by atoms with Crippen molar-refractivity contribution in [2.75, 3.05) is 57.0 Å². The van der Waals surface area contributed by atoms with Crippen LogP contribution in [-0.4, -0.2) is 139 Å². The first-order valence-electron chi connectivity index (χ1n) is 24.9. The lowest BCUT2D eigenvalue weighted by Crippen LogP contribution is -2.42. The highest BCUT2D eigenvalue weighted by Crippen LogP contribution is 2.33. The molecule has 0 aliphatic carbocycles. The van der Waals surface area contributed by atoms with Gasteiger partial charge in [-0.1, -0.05) is 12.2 Å². The molecular weight excluding hydrogens is 949 g/mol. The zero-order valence-corrected chi connectivity index (χ0v) is 42.3. The van der Waals surface area contributed by atoms with Crippen LogP contribution in [0.3, 0.4) is 0 Å². The average molecular weight is 1010 g/mol. The third kappa shape index (κ3) is 10.6. The number of rotatable bonds is 20. The number of nitrogens with one attached hydrogen (secondary N) is 3. The summed E-state index contributed by atoms with van der Waals surface area (Å²) in [5.41, 5.74) is 16.0. The fourth-order valence-corrected chi connectivity index (χ4v) is 9.79. The van der Waals surface area contributed by atoms with Crippen LogP contribution in [0.25, 0.3) is 22.1 Å². The van der Waals surface area contributed by atoms with Gasteiger partial charge in [-0.15, -0.1) is 10.2 Å². The van der Waals surface area contributed by atoms with E-state index in [4.69, 9.17) is 26.2 Å². The van der Waals surface area contributed by atoms with Crippen LogP contribution in [0.1, 0.15) is 104 Å². The average Bonchev–Trinajstić information content (AvgIpc) is 4.23. The van der Waals surface area contributed by atoms with Gasteiger partial charge in [0.2, 0.25) is 29.6 Å². The number of nitrogens with zero attached hydrogens (tertiary/aromatic N) is 13. The van der Waals surface area contributed by atoms with Crippen molar-refractivity contribution in [2.24, 2.45) is 11.5 Å². The number of aryl methyl sites for hydroxylation is 4. The van der Waals surface area contributed by atoms with E-state index in [1.165, 1.54) is 0 Å². The summed E-state index contributed by atoms with van der Waals surface area (Å²) >= 11 is 0. The molecule has 7 N–H and O–H groups in total. The van der Waals surface area contributed by atoms with Crippen molar-refractivity contribution in [3.05, 3.63) is 100 Å². The monoisotopic (exact) mass is 1010 g/mol. The van der Waals surface area contributed by atoms with Crippen LogP contribution in [0.4, 0.5) is 11.9 Å². The molecule has 0 unspecified atom stereocenters. The molecule has 5 amide bonds. The molecule has 2 aliphatic rings. The van der Waals surface area contributed by atoms with Gasteiger partial charge in [0.15, 0.2) is 5.82 Å². The molecular formula is C50H62N18O6. The Morgan fingerprint density at radius 2 is 1.38 bits per heavy atom. The molecule has 1 saturated heterocycles. The minimum Gasteiger partial charge on any atom is -0.491 e. The van der Waals surface area contributed by atoms with Crippen molar-refractivity contribution in [1.29, 1.82) is 0 Å². The van der Waals surface area contributed by atoms with Crippen molar-refractivity contribution >= 4 is 63.5 Å². The number of likely N-dealkylation sites (N-methyl/N-ethyl adjacent to an activating group) is 1. The first-order valence-corrected chi connectivity index (χ1v) is 24.9. The molecule has 2 aliphatic heterocycles. The molecule has 0 radical (unpaired) electrons. The van der Waals surface area contributed by atoms with E-state index in [2.05, 4.69) is 45.8 Å². The Morgan fingerprint density at radius 1 is 0.757 bits per heavy atom. The number of hydrogen-bond acceptors (Lipinski definition) is 14. The van der Waals surface area contributed by atoms with Gasteiger partial charge < -0.3 is 45.0 Å². The number of primary amides is 2. The fraction of sp³-hybridized carbons (Fsp3) is 0.420. The number of aromatic nitrogens is 11. The van der Waals surface area contributed by atoms with Crippen LogP contribution >= 0.6 is 0 Å². The third-order valence-corrected chi connectivity index (χ3v) is 13.5. The van der Waals surface area contributed by atoms with Crippen LogP contribution in [0.2, 0.25) is 0 Å². The lowest BCUT2D eigenvalue weighted by atomic mass is 9.95. The van der Waals surface area contributed by atoms with Crippen LogP contribution in [0.5, 0.6) is 5.75 Å². The van der Waals surface area contributed by atoms with Crippen molar-refractivity contribution in [2.45, 2.75) is 92.1 Å². The maximum absolute atomic E-state index is 14.0. The second-order valence-electron chi connectivity index (χ2n) is 18.5. The number of nitrogens with two attached hydrogens (primary N) is 2. The Balaban J connectivity index is 0.942. The normalized spacial score (nSPS) is 14.3. The number of carbonyl (C=O) groups is 5. The van der Waals surface area contributed by atoms with Crippen molar-refractivity contribution in [3.8, 4) is 5.75 Å². The predicted molar refractivity (Wildman–Crippen MR) is 275 cm³/mol. The molecule has 0 saturated carbocycles. The van der Waals surface area contributed by atoms with Gasteiger partial charge in [-0.05, 0) is 110 Å². The number of likely N-dealkylation sites (tertiary alicyclic amines) is 1. The molecule has 7 aromatic rings. The number of piperidine rings is 1. The van der Waals surface area contributed by atoms with E-state index in [-0.39, 0.29) is 47.9 Å². The molecule has 0 atom stereocenters. The number of anilines is 2. The van der Waals surface area contributed by atoms with Gasteiger partial charge in [0.1, 0.15) is 28.5 Å². The third-order valence-electron chi connectivity index (χ3n) is 13.5. The maximum Gasteiger partial charge on any atom is 0.276 e. The summed E-state index contributed by atoms with van der Waals surface area (Å²) in [5.74, 6) is 0.830. The Bertz CT molecular complexity index is 3290. The molecule has 74 heavy (non-hydrogen) atoms. The van der Waals surface area contributed by atoms with Gasteiger partial charge in [-0.3, -0.25) is 44.0 Å². The summed E-state index contributed by atoms with van der Waals surface area (Å²) in [6.45, 7) is 13.7. The summed E-state index contributed by atoms with van der Waals surface area (Å²) in [4.78, 5) is 78.7. The molecule has 0 spiro atoms. The number of allylic oxidation sites excluding steroid dienone is 2. The zero-order valence-electron chi connectivity index (χ0n) is 42.3. The summed E-state index contributed by atoms with van der Waals surface area (Å²) in [6, 6.07) is 11.5. The molecule has 0 bridgehead atoms. The fourth-order valence-electron chi connectivity index (χ4n) is 9.79. The number of imidazole rings is 2. The van der Waals surface area contributed by atoms with Gasteiger partial charge in [0, 0.05) is 62.9 Å². The van der Waals surface area contributed by atoms with Gasteiger partial charge in [-0.25, -0.2) is 9.97 Å². The van der Waals surface area contributed by atoms with Crippen molar-refractivity contribution < 1.29 is 28.7 Å². The van der Waals surface area contributed by atoms with Crippen LogP contribution < -0.4 is 32.2 Å². The van der Waals surface area contributed by atoms with E-state index >= 15 is 0 Å². The highest BCUT2D eigenvalue weighted by molar-refractivity contribution is 6.05. The van der Waals surface area contributed by atoms with Gasteiger partial charge in [0.25, 0.3) is 11.8 Å². The van der Waals surface area contributed by atoms with E-state index in [0.29, 0.717) is 103 Å². The highest BCUT2D eigenvalue weighted by Gasteiger charge is 2.30. The molecule has 24 nitrogen and oxygen atoms in total. The number of fused-ring (bicyclic) bond motifs is 3. The Labute approximate surface area is 426 Å². The van der Waals surface area contributed by atoms with E-state index in [1.807, 2.05) is 44.7 Å². The Hall–Kier alpha value is -8.25. The Morgan fingerprint density at radius 3 is 2.01 bits per heavy atom. The maximum atomic E-state index is 14.0. The molecule has 7 heterocycles. The number of ether oxygens (including phenoxy) is 1. The highest BCUT2D eigenvalue weighted by atomic mass is 16.5. The molecule has 5 aromatic heterocycles. The van der Waals surface area contributed by atoms with E-state index < -0.39 is 23.6 Å². The molecule has 9 rings (SSSR count). The van der Waals surface area contributed by atoms with E-state index in [0.717, 1.165) is 44.1 Å². The zero-order chi connectivity index (χ0) is 52.2. The summed E-state index contributed by atoms with van der Waals surface area (Å²) in [6.07, 6.45) is 6.30. The molecule has 24 heteroatoms. The van der Waals surface area contributed by atoms with Crippen LogP contribution in [0, 0.1) is 13.8 Å². The number of amides is 5.